The molecule has 7 heteroatoms. The molecule has 4 rings (SSSR count). The van der Waals surface area contributed by atoms with Crippen molar-refractivity contribution in [1.82, 2.24) is 24.1 Å². The summed E-state index contributed by atoms with van der Waals surface area (Å²) in [6.07, 6.45) is 3.64. The summed E-state index contributed by atoms with van der Waals surface area (Å²) in [5, 5.41) is 2.37. The van der Waals surface area contributed by atoms with Gasteiger partial charge in [0.05, 0.1) is 13.8 Å². The van der Waals surface area contributed by atoms with Gasteiger partial charge in [-0.15, -0.1) is 0 Å². The van der Waals surface area contributed by atoms with Crippen LogP contribution in [0.5, 0.6) is 5.75 Å². The van der Waals surface area contributed by atoms with Crippen LogP contribution >= 0.6 is 12.2 Å². The fourth-order valence-corrected chi connectivity index (χ4v) is 3.30. The van der Waals surface area contributed by atoms with E-state index in [1.807, 2.05) is 33.6 Å². The molecule has 0 aliphatic heterocycles. The summed E-state index contributed by atoms with van der Waals surface area (Å²) in [6.45, 7) is 1.43. The van der Waals surface area contributed by atoms with Gasteiger partial charge in [0.15, 0.2) is 0 Å². The Kier molecular flexibility index (Phi) is 4.40. The Morgan fingerprint density at radius 3 is 2.81 bits per heavy atom. The fraction of sp³-hybridized carbons (Fsp3) is 0.211. The van der Waals surface area contributed by atoms with Crippen LogP contribution in [0.2, 0.25) is 0 Å². The smallest absolute Gasteiger partial charge is 0.251 e. The van der Waals surface area contributed by atoms with E-state index in [0.29, 0.717) is 17.2 Å². The van der Waals surface area contributed by atoms with Gasteiger partial charge in [-0.3, -0.25) is 4.90 Å². The summed E-state index contributed by atoms with van der Waals surface area (Å²) >= 11 is 5.38. The van der Waals surface area contributed by atoms with Crippen LogP contribution in [0.25, 0.3) is 16.6 Å². The molecule has 132 valence electrons. The Bertz CT molecular complexity index is 1130. The molecule has 0 saturated carbocycles. The van der Waals surface area contributed by atoms with Crippen LogP contribution in [0.1, 0.15) is 5.56 Å². The van der Waals surface area contributed by atoms with E-state index in [2.05, 4.69) is 46.2 Å². The lowest BCUT2D eigenvalue weighted by Gasteiger charge is -2.18. The van der Waals surface area contributed by atoms with Crippen molar-refractivity contribution in [3.8, 4) is 5.75 Å². The first-order valence-electron chi connectivity index (χ1n) is 8.29. The molecule has 0 saturated heterocycles. The van der Waals surface area contributed by atoms with Crippen molar-refractivity contribution in [1.29, 1.82) is 0 Å². The van der Waals surface area contributed by atoms with Gasteiger partial charge in [0.25, 0.3) is 5.78 Å². The molecule has 2 heterocycles. The van der Waals surface area contributed by atoms with E-state index in [9.17, 15) is 0 Å². The van der Waals surface area contributed by atoms with Crippen LogP contribution in [-0.2, 0) is 13.2 Å². The summed E-state index contributed by atoms with van der Waals surface area (Å²) in [6, 6.07) is 14.5. The largest absolute Gasteiger partial charge is 0.497 e. The van der Waals surface area contributed by atoms with Gasteiger partial charge in [0, 0.05) is 18.9 Å². The molecule has 0 fully saturated rings. The molecule has 0 spiro atoms. The lowest BCUT2D eigenvalue weighted by atomic mass is 10.1. The minimum absolute atomic E-state index is 0.529. The molecule has 0 unspecified atom stereocenters. The minimum atomic E-state index is 0.529. The Morgan fingerprint density at radius 2 is 1.96 bits per heavy atom. The van der Waals surface area contributed by atoms with Gasteiger partial charge in [0.1, 0.15) is 5.75 Å². The van der Waals surface area contributed by atoms with Gasteiger partial charge in [0.2, 0.25) is 4.77 Å². The second-order valence-electron chi connectivity index (χ2n) is 6.26. The van der Waals surface area contributed by atoms with Crippen molar-refractivity contribution in [2.75, 3.05) is 14.2 Å². The molecule has 2 aromatic carbocycles. The summed E-state index contributed by atoms with van der Waals surface area (Å²) in [5.41, 5.74) is 1.24. The number of ether oxygens (including phenoxy) is 1. The molecule has 6 nitrogen and oxygen atoms in total. The Labute approximate surface area is 156 Å². The maximum absolute atomic E-state index is 5.38. The highest BCUT2D eigenvalue weighted by atomic mass is 32.1. The first kappa shape index (κ1) is 16.7. The molecular formula is C19H19N5OS. The first-order chi connectivity index (χ1) is 12.6. The normalized spacial score (nSPS) is 11.5. The zero-order valence-electron chi connectivity index (χ0n) is 14.7. The molecule has 0 atom stereocenters. The van der Waals surface area contributed by atoms with Crippen molar-refractivity contribution in [3.05, 3.63) is 65.2 Å². The van der Waals surface area contributed by atoms with Gasteiger partial charge >= 0.3 is 0 Å². The predicted molar refractivity (Wildman–Crippen MR) is 104 cm³/mol. The fourth-order valence-electron chi connectivity index (χ4n) is 3.08. The third-order valence-corrected chi connectivity index (χ3v) is 4.63. The van der Waals surface area contributed by atoms with Crippen molar-refractivity contribution in [2.24, 2.45) is 0 Å². The second-order valence-corrected chi connectivity index (χ2v) is 6.63. The third kappa shape index (κ3) is 3.18. The van der Waals surface area contributed by atoms with E-state index in [1.165, 1.54) is 16.3 Å². The number of hydrogen-bond donors (Lipinski definition) is 0. The highest BCUT2D eigenvalue weighted by Crippen LogP contribution is 2.22. The zero-order chi connectivity index (χ0) is 18.1. The zero-order valence-corrected chi connectivity index (χ0v) is 15.5. The molecule has 0 aliphatic carbocycles. The van der Waals surface area contributed by atoms with Crippen LogP contribution in [0.15, 0.2) is 54.9 Å². The SMILES string of the molecule is COc1ccc2cc(CN(C)Cn3c(=S)nc4ncccn43)ccc2c1. The van der Waals surface area contributed by atoms with Gasteiger partial charge in [-0.05, 0) is 59.9 Å². The van der Waals surface area contributed by atoms with E-state index < -0.39 is 0 Å². The minimum Gasteiger partial charge on any atom is -0.497 e. The lowest BCUT2D eigenvalue weighted by molar-refractivity contribution is 0.239. The predicted octanol–water partition coefficient (Wildman–Crippen LogP) is 3.51. The van der Waals surface area contributed by atoms with Crippen LogP contribution in [0.4, 0.5) is 0 Å². The molecule has 4 aromatic rings. The highest BCUT2D eigenvalue weighted by Gasteiger charge is 2.08. The average molecular weight is 365 g/mol. The van der Waals surface area contributed by atoms with E-state index in [4.69, 9.17) is 17.0 Å². The number of nitrogens with zero attached hydrogens (tertiary/aromatic N) is 5. The molecular weight excluding hydrogens is 346 g/mol. The van der Waals surface area contributed by atoms with Gasteiger partial charge in [-0.1, -0.05) is 18.2 Å². The van der Waals surface area contributed by atoms with E-state index in [1.54, 1.807) is 13.3 Å². The molecule has 0 aliphatic rings. The van der Waals surface area contributed by atoms with Crippen LogP contribution in [0, 0.1) is 4.77 Å². The summed E-state index contributed by atoms with van der Waals surface area (Å²) in [7, 11) is 3.75. The first-order valence-corrected chi connectivity index (χ1v) is 8.70. The van der Waals surface area contributed by atoms with Gasteiger partial charge < -0.3 is 4.74 Å². The van der Waals surface area contributed by atoms with Crippen molar-refractivity contribution >= 4 is 28.8 Å². The number of rotatable bonds is 5. The van der Waals surface area contributed by atoms with Gasteiger partial charge in [-0.25, -0.2) is 14.2 Å². The van der Waals surface area contributed by atoms with E-state index in [0.717, 1.165) is 12.3 Å². The van der Waals surface area contributed by atoms with Crippen LogP contribution in [0.3, 0.4) is 0 Å². The average Bonchev–Trinajstić information content (AvgIpc) is 2.96. The summed E-state index contributed by atoms with van der Waals surface area (Å²) < 4.78 is 9.63. The number of aromatic nitrogens is 4. The topological polar surface area (TPSA) is 47.6 Å². The number of fused-ring (bicyclic) bond motifs is 2. The maximum atomic E-state index is 5.38. The van der Waals surface area contributed by atoms with Gasteiger partial charge in [-0.2, -0.15) is 4.98 Å². The Morgan fingerprint density at radius 1 is 1.15 bits per heavy atom. The van der Waals surface area contributed by atoms with E-state index in [-0.39, 0.29) is 0 Å². The molecule has 0 bridgehead atoms. The number of hydrogen-bond acceptors (Lipinski definition) is 5. The highest BCUT2D eigenvalue weighted by molar-refractivity contribution is 7.71. The monoisotopic (exact) mass is 365 g/mol. The molecule has 0 N–H and O–H groups in total. The molecule has 26 heavy (non-hydrogen) atoms. The summed E-state index contributed by atoms with van der Waals surface area (Å²) in [4.78, 5) is 10.8. The molecule has 0 radical (unpaired) electrons. The van der Waals surface area contributed by atoms with E-state index >= 15 is 0 Å². The number of methoxy groups -OCH3 is 1. The Balaban J connectivity index is 1.56. The lowest BCUT2D eigenvalue weighted by Crippen LogP contribution is -2.24. The Hall–Kier alpha value is -2.77. The van der Waals surface area contributed by atoms with Crippen LogP contribution < -0.4 is 4.74 Å². The summed E-state index contributed by atoms with van der Waals surface area (Å²) in [5.74, 6) is 1.49. The second kappa shape index (κ2) is 6.86. The van der Waals surface area contributed by atoms with Crippen LogP contribution in [-0.4, -0.2) is 38.2 Å². The van der Waals surface area contributed by atoms with Crippen molar-refractivity contribution in [2.45, 2.75) is 13.2 Å². The number of benzene rings is 2. The quantitative estimate of drug-likeness (QED) is 0.507. The maximum Gasteiger partial charge on any atom is 0.251 e. The molecule has 0 amide bonds. The third-order valence-electron chi connectivity index (χ3n) is 4.32. The van der Waals surface area contributed by atoms with Crippen molar-refractivity contribution in [3.63, 3.8) is 0 Å². The van der Waals surface area contributed by atoms with Crippen molar-refractivity contribution < 1.29 is 4.74 Å². The molecule has 2 aromatic heterocycles. The standard InChI is InChI=1S/C19H19N5OS/c1-22(13-24-19(26)21-18-20-8-3-9-23(18)24)12-14-4-5-16-11-17(25-2)7-6-15(16)10-14/h3-11H,12-13H2,1-2H3.